The van der Waals surface area contributed by atoms with Crippen molar-refractivity contribution in [2.75, 3.05) is 6.54 Å². The van der Waals surface area contributed by atoms with Crippen molar-refractivity contribution >= 4 is 5.91 Å². The van der Waals surface area contributed by atoms with Crippen molar-refractivity contribution in [1.29, 1.82) is 0 Å². The molecule has 17 heavy (non-hydrogen) atoms. The van der Waals surface area contributed by atoms with Crippen LogP contribution in [0.3, 0.4) is 0 Å². The number of hydrogen-bond donors (Lipinski definition) is 1. The molecule has 0 aliphatic rings. The van der Waals surface area contributed by atoms with E-state index in [1.807, 2.05) is 37.3 Å². The Balaban J connectivity index is 2.14. The van der Waals surface area contributed by atoms with E-state index in [1.165, 1.54) is 11.0 Å². The summed E-state index contributed by atoms with van der Waals surface area (Å²) in [5, 5.41) is 10.9. The first-order valence-corrected chi connectivity index (χ1v) is 5.57. The van der Waals surface area contributed by atoms with Gasteiger partial charge in [0.2, 0.25) is 0 Å². The minimum absolute atomic E-state index is 0.186. The molecule has 0 unspecified atom stereocenters. The molecule has 1 aromatic heterocycles. The van der Waals surface area contributed by atoms with Gasteiger partial charge < -0.3 is 5.32 Å². The Morgan fingerprint density at radius 1 is 1.35 bits per heavy atom. The van der Waals surface area contributed by atoms with Crippen LogP contribution < -0.4 is 5.32 Å². The van der Waals surface area contributed by atoms with Crippen LogP contribution in [-0.4, -0.2) is 27.4 Å². The Labute approximate surface area is 99.5 Å². The van der Waals surface area contributed by atoms with Crippen LogP contribution in [0.4, 0.5) is 0 Å². The van der Waals surface area contributed by atoms with E-state index in [0.717, 1.165) is 12.1 Å². The number of nitrogens with one attached hydrogen (secondary N) is 1. The zero-order chi connectivity index (χ0) is 12.1. The van der Waals surface area contributed by atoms with Crippen LogP contribution in [0, 0.1) is 0 Å². The smallest absolute Gasteiger partial charge is 0.273 e. The molecule has 1 N–H and O–H groups in total. The number of aromatic nitrogens is 3. The predicted molar refractivity (Wildman–Crippen MR) is 64.0 cm³/mol. The Bertz CT molecular complexity index is 492. The molecular formula is C12H14N4O. The van der Waals surface area contributed by atoms with Crippen LogP contribution in [0.2, 0.25) is 0 Å². The number of para-hydroxylation sites is 1. The SMILES string of the molecule is CCCNC(=O)c1cnn(-c2ccccc2)n1. The van der Waals surface area contributed by atoms with Gasteiger partial charge >= 0.3 is 0 Å². The minimum Gasteiger partial charge on any atom is -0.351 e. The number of hydrogen-bond acceptors (Lipinski definition) is 3. The van der Waals surface area contributed by atoms with Crippen molar-refractivity contribution < 1.29 is 4.79 Å². The average molecular weight is 230 g/mol. The number of carbonyl (C=O) groups is 1. The third-order valence-corrected chi connectivity index (χ3v) is 2.25. The van der Waals surface area contributed by atoms with E-state index in [0.29, 0.717) is 12.2 Å². The molecule has 1 amide bonds. The van der Waals surface area contributed by atoms with Gasteiger partial charge in [-0.25, -0.2) is 0 Å². The van der Waals surface area contributed by atoms with E-state index in [1.54, 1.807) is 0 Å². The Hall–Kier alpha value is -2.17. The molecule has 5 heteroatoms. The van der Waals surface area contributed by atoms with Crippen molar-refractivity contribution in [2.24, 2.45) is 0 Å². The molecule has 1 heterocycles. The van der Waals surface area contributed by atoms with Gasteiger partial charge in [0.1, 0.15) is 0 Å². The summed E-state index contributed by atoms with van der Waals surface area (Å²) in [7, 11) is 0. The maximum Gasteiger partial charge on any atom is 0.273 e. The van der Waals surface area contributed by atoms with Gasteiger partial charge in [-0.15, -0.1) is 5.10 Å². The lowest BCUT2D eigenvalue weighted by atomic mass is 10.3. The fraction of sp³-hybridized carbons (Fsp3) is 0.250. The fourth-order valence-electron chi connectivity index (χ4n) is 1.38. The zero-order valence-corrected chi connectivity index (χ0v) is 9.63. The quantitative estimate of drug-likeness (QED) is 0.863. The highest BCUT2D eigenvalue weighted by Gasteiger charge is 2.09. The molecule has 0 saturated heterocycles. The van der Waals surface area contributed by atoms with Crippen molar-refractivity contribution in [3.8, 4) is 5.69 Å². The molecule has 0 bridgehead atoms. The average Bonchev–Trinajstić information content (AvgIpc) is 2.86. The first-order valence-electron chi connectivity index (χ1n) is 5.57. The van der Waals surface area contributed by atoms with Gasteiger partial charge in [0, 0.05) is 6.54 Å². The molecule has 2 aromatic rings. The number of rotatable bonds is 4. The second kappa shape index (κ2) is 5.25. The van der Waals surface area contributed by atoms with Crippen molar-refractivity contribution in [3.05, 3.63) is 42.2 Å². The van der Waals surface area contributed by atoms with E-state index in [-0.39, 0.29) is 5.91 Å². The van der Waals surface area contributed by atoms with Gasteiger partial charge in [-0.2, -0.15) is 9.90 Å². The first kappa shape index (κ1) is 11.3. The monoisotopic (exact) mass is 230 g/mol. The van der Waals surface area contributed by atoms with Crippen LogP contribution in [0.15, 0.2) is 36.5 Å². The van der Waals surface area contributed by atoms with Crippen LogP contribution in [0.25, 0.3) is 5.69 Å². The molecule has 0 fully saturated rings. The topological polar surface area (TPSA) is 59.8 Å². The van der Waals surface area contributed by atoms with Gasteiger partial charge in [-0.05, 0) is 18.6 Å². The third kappa shape index (κ3) is 2.69. The lowest BCUT2D eigenvalue weighted by Gasteiger charge is -1.99. The molecule has 0 atom stereocenters. The van der Waals surface area contributed by atoms with E-state index in [4.69, 9.17) is 0 Å². The van der Waals surface area contributed by atoms with Crippen molar-refractivity contribution in [2.45, 2.75) is 13.3 Å². The van der Waals surface area contributed by atoms with Crippen LogP contribution in [0.5, 0.6) is 0 Å². The number of benzene rings is 1. The molecule has 0 spiro atoms. The Morgan fingerprint density at radius 2 is 2.12 bits per heavy atom. The van der Waals surface area contributed by atoms with E-state index >= 15 is 0 Å². The fourth-order valence-corrected chi connectivity index (χ4v) is 1.38. The highest BCUT2D eigenvalue weighted by Crippen LogP contribution is 2.03. The summed E-state index contributed by atoms with van der Waals surface area (Å²) in [6.45, 7) is 2.65. The van der Waals surface area contributed by atoms with Crippen LogP contribution >= 0.6 is 0 Å². The largest absolute Gasteiger partial charge is 0.351 e. The van der Waals surface area contributed by atoms with Crippen molar-refractivity contribution in [3.63, 3.8) is 0 Å². The van der Waals surface area contributed by atoms with Gasteiger partial charge in [-0.1, -0.05) is 25.1 Å². The van der Waals surface area contributed by atoms with E-state index in [9.17, 15) is 4.79 Å². The predicted octanol–water partition coefficient (Wildman–Crippen LogP) is 1.41. The summed E-state index contributed by atoms with van der Waals surface area (Å²) >= 11 is 0. The molecule has 0 radical (unpaired) electrons. The number of amides is 1. The summed E-state index contributed by atoms with van der Waals surface area (Å²) in [5.41, 5.74) is 1.17. The molecule has 0 saturated carbocycles. The normalized spacial score (nSPS) is 10.2. The maximum absolute atomic E-state index is 11.6. The summed E-state index contributed by atoms with van der Waals surface area (Å²) in [4.78, 5) is 13.1. The Kier molecular flexibility index (Phi) is 3.49. The van der Waals surface area contributed by atoms with E-state index < -0.39 is 0 Å². The second-order valence-electron chi connectivity index (χ2n) is 3.61. The molecular weight excluding hydrogens is 216 g/mol. The lowest BCUT2D eigenvalue weighted by Crippen LogP contribution is -2.24. The van der Waals surface area contributed by atoms with Crippen LogP contribution in [0.1, 0.15) is 23.8 Å². The second-order valence-corrected chi connectivity index (χ2v) is 3.61. The molecule has 88 valence electrons. The van der Waals surface area contributed by atoms with Crippen molar-refractivity contribution in [1.82, 2.24) is 20.3 Å². The minimum atomic E-state index is -0.186. The number of nitrogens with zero attached hydrogens (tertiary/aromatic N) is 3. The first-order chi connectivity index (χ1) is 8.31. The van der Waals surface area contributed by atoms with Crippen LogP contribution in [-0.2, 0) is 0 Å². The van der Waals surface area contributed by atoms with Gasteiger partial charge in [0.05, 0.1) is 11.9 Å². The molecule has 0 aliphatic carbocycles. The summed E-state index contributed by atoms with van der Waals surface area (Å²) in [6, 6.07) is 9.48. The lowest BCUT2D eigenvalue weighted by molar-refractivity contribution is 0.0948. The van der Waals surface area contributed by atoms with Gasteiger partial charge in [0.25, 0.3) is 5.91 Å². The summed E-state index contributed by atoms with van der Waals surface area (Å²) in [5.74, 6) is -0.186. The molecule has 0 aliphatic heterocycles. The maximum atomic E-state index is 11.6. The summed E-state index contributed by atoms with van der Waals surface area (Å²) < 4.78 is 0. The van der Waals surface area contributed by atoms with Gasteiger partial charge in [-0.3, -0.25) is 4.79 Å². The third-order valence-electron chi connectivity index (χ3n) is 2.25. The molecule has 2 rings (SSSR count). The summed E-state index contributed by atoms with van der Waals surface area (Å²) in [6.07, 6.45) is 2.37. The molecule has 1 aromatic carbocycles. The number of carbonyl (C=O) groups excluding carboxylic acids is 1. The zero-order valence-electron chi connectivity index (χ0n) is 9.63. The molecule has 5 nitrogen and oxygen atoms in total. The standard InChI is InChI=1S/C12H14N4O/c1-2-8-13-12(17)11-9-14-16(15-11)10-6-4-3-5-7-10/h3-7,9H,2,8H2,1H3,(H,13,17). The van der Waals surface area contributed by atoms with Gasteiger partial charge in [0.15, 0.2) is 5.69 Å². The highest BCUT2D eigenvalue weighted by atomic mass is 16.2. The van der Waals surface area contributed by atoms with E-state index in [2.05, 4.69) is 15.5 Å². The Morgan fingerprint density at radius 3 is 2.82 bits per heavy atom. The highest BCUT2D eigenvalue weighted by molar-refractivity contribution is 5.91.